The fourth-order valence-electron chi connectivity index (χ4n) is 3.21. The average molecular weight is 377 g/mol. The van der Waals surface area contributed by atoms with E-state index < -0.39 is 0 Å². The molecule has 3 aromatic rings. The highest BCUT2D eigenvalue weighted by molar-refractivity contribution is 7.09. The van der Waals surface area contributed by atoms with Crippen LogP contribution in [0.1, 0.15) is 11.4 Å². The van der Waals surface area contributed by atoms with Crippen molar-refractivity contribution in [2.45, 2.75) is 13.3 Å². The van der Waals surface area contributed by atoms with Crippen LogP contribution in [-0.4, -0.2) is 23.3 Å². The van der Waals surface area contributed by atoms with E-state index in [-0.39, 0.29) is 24.2 Å². The molecule has 0 aliphatic carbocycles. The van der Waals surface area contributed by atoms with E-state index in [9.17, 15) is 9.59 Å². The molecule has 4 rings (SSSR count). The van der Waals surface area contributed by atoms with Crippen LogP contribution in [0.25, 0.3) is 11.3 Å². The van der Waals surface area contributed by atoms with Gasteiger partial charge in [-0.3, -0.25) is 9.59 Å². The molecule has 1 aliphatic rings. The van der Waals surface area contributed by atoms with E-state index >= 15 is 0 Å². The van der Waals surface area contributed by atoms with Crippen molar-refractivity contribution in [1.29, 1.82) is 0 Å². The summed E-state index contributed by atoms with van der Waals surface area (Å²) in [7, 11) is 0. The normalized spacial score (nSPS) is 16.6. The number of thiazole rings is 1. The molecule has 0 radical (unpaired) electrons. The molecular formula is C21H19N3O2S. The van der Waals surface area contributed by atoms with Gasteiger partial charge in [-0.05, 0) is 31.2 Å². The van der Waals surface area contributed by atoms with E-state index in [1.54, 1.807) is 16.2 Å². The number of aryl methyl sites for hydroxylation is 1. The van der Waals surface area contributed by atoms with Gasteiger partial charge < -0.3 is 10.2 Å². The molecule has 1 N–H and O–H groups in total. The smallest absolute Gasteiger partial charge is 0.229 e. The largest absolute Gasteiger partial charge is 0.326 e. The van der Waals surface area contributed by atoms with Gasteiger partial charge in [0.1, 0.15) is 0 Å². The van der Waals surface area contributed by atoms with Gasteiger partial charge in [0.2, 0.25) is 11.8 Å². The Morgan fingerprint density at radius 3 is 2.56 bits per heavy atom. The van der Waals surface area contributed by atoms with Crippen LogP contribution >= 0.6 is 11.3 Å². The van der Waals surface area contributed by atoms with Crippen molar-refractivity contribution in [3.63, 3.8) is 0 Å². The number of nitrogens with zero attached hydrogens (tertiary/aromatic N) is 2. The minimum atomic E-state index is -0.349. The molecule has 1 aromatic heterocycles. The van der Waals surface area contributed by atoms with Gasteiger partial charge in [0.25, 0.3) is 0 Å². The van der Waals surface area contributed by atoms with Crippen LogP contribution in [0.15, 0.2) is 60.0 Å². The van der Waals surface area contributed by atoms with Gasteiger partial charge in [-0.1, -0.05) is 30.3 Å². The number of amides is 2. The van der Waals surface area contributed by atoms with Crippen LogP contribution in [0.2, 0.25) is 0 Å². The monoisotopic (exact) mass is 377 g/mol. The van der Waals surface area contributed by atoms with E-state index in [0.717, 1.165) is 27.6 Å². The van der Waals surface area contributed by atoms with E-state index in [4.69, 9.17) is 0 Å². The third-order valence-corrected chi connectivity index (χ3v) is 5.40. The number of rotatable bonds is 4. The fraction of sp³-hybridized carbons (Fsp3) is 0.190. The number of hydrogen-bond acceptors (Lipinski definition) is 4. The lowest BCUT2D eigenvalue weighted by atomic mass is 10.1. The Kier molecular flexibility index (Phi) is 4.73. The highest BCUT2D eigenvalue weighted by atomic mass is 32.1. The quantitative estimate of drug-likeness (QED) is 0.744. The van der Waals surface area contributed by atoms with Crippen molar-refractivity contribution in [3.8, 4) is 11.3 Å². The Labute approximate surface area is 161 Å². The minimum Gasteiger partial charge on any atom is -0.326 e. The summed E-state index contributed by atoms with van der Waals surface area (Å²) in [6.45, 7) is 2.38. The van der Waals surface area contributed by atoms with Crippen LogP contribution in [0.5, 0.6) is 0 Å². The number of carbonyl (C=O) groups excluding carboxylic acids is 2. The third kappa shape index (κ3) is 3.75. The second-order valence-electron chi connectivity index (χ2n) is 6.56. The number of carbonyl (C=O) groups is 2. The number of aromatic nitrogens is 1. The van der Waals surface area contributed by atoms with Gasteiger partial charge in [0.15, 0.2) is 0 Å². The Balaban J connectivity index is 1.41. The molecule has 1 aliphatic heterocycles. The summed E-state index contributed by atoms with van der Waals surface area (Å²) >= 11 is 1.61. The number of anilines is 2. The maximum Gasteiger partial charge on any atom is 0.229 e. The van der Waals surface area contributed by atoms with Crippen molar-refractivity contribution in [2.75, 3.05) is 16.8 Å². The van der Waals surface area contributed by atoms with Gasteiger partial charge in [0, 0.05) is 35.3 Å². The van der Waals surface area contributed by atoms with Gasteiger partial charge in [-0.15, -0.1) is 11.3 Å². The summed E-state index contributed by atoms with van der Waals surface area (Å²) < 4.78 is 0. The first-order valence-corrected chi connectivity index (χ1v) is 9.67. The van der Waals surface area contributed by atoms with Crippen molar-refractivity contribution >= 4 is 34.5 Å². The van der Waals surface area contributed by atoms with E-state index in [0.29, 0.717) is 6.54 Å². The van der Waals surface area contributed by atoms with Gasteiger partial charge in [0.05, 0.1) is 16.6 Å². The summed E-state index contributed by atoms with van der Waals surface area (Å²) in [5.41, 5.74) is 3.51. The summed E-state index contributed by atoms with van der Waals surface area (Å²) in [5.74, 6) is -0.492. The lowest BCUT2D eigenvalue weighted by Crippen LogP contribution is -2.28. The van der Waals surface area contributed by atoms with Gasteiger partial charge in [-0.25, -0.2) is 4.98 Å². The number of benzene rings is 2. The van der Waals surface area contributed by atoms with Crippen LogP contribution in [-0.2, 0) is 9.59 Å². The molecule has 6 heteroatoms. The molecule has 1 atom stereocenters. The zero-order valence-electron chi connectivity index (χ0n) is 14.9. The highest BCUT2D eigenvalue weighted by Crippen LogP contribution is 2.27. The number of nitrogens with one attached hydrogen (secondary N) is 1. The molecule has 0 spiro atoms. The Bertz CT molecular complexity index is 967. The predicted molar refractivity (Wildman–Crippen MR) is 108 cm³/mol. The zero-order valence-corrected chi connectivity index (χ0v) is 15.7. The fourth-order valence-corrected chi connectivity index (χ4v) is 3.83. The second-order valence-corrected chi connectivity index (χ2v) is 7.62. The van der Waals surface area contributed by atoms with Crippen molar-refractivity contribution in [1.82, 2.24) is 4.98 Å². The lowest BCUT2D eigenvalue weighted by molar-refractivity contribution is -0.122. The van der Waals surface area contributed by atoms with Crippen LogP contribution in [0, 0.1) is 12.8 Å². The van der Waals surface area contributed by atoms with Crippen molar-refractivity contribution < 1.29 is 9.59 Å². The summed E-state index contributed by atoms with van der Waals surface area (Å²) in [6, 6.07) is 17.1. The predicted octanol–water partition coefficient (Wildman–Crippen LogP) is 4.11. The second kappa shape index (κ2) is 7.32. The van der Waals surface area contributed by atoms with Gasteiger partial charge >= 0.3 is 0 Å². The SMILES string of the molecule is Cc1nc(-c2ccc(NC(=O)[C@H]3CC(=O)N(c4ccccc4)C3)cc2)cs1. The van der Waals surface area contributed by atoms with Crippen molar-refractivity contribution in [3.05, 3.63) is 65.0 Å². The summed E-state index contributed by atoms with van der Waals surface area (Å²) in [6.07, 6.45) is 0.233. The molecule has 0 saturated carbocycles. The number of para-hydroxylation sites is 1. The molecule has 2 aromatic carbocycles. The first kappa shape index (κ1) is 17.4. The summed E-state index contributed by atoms with van der Waals surface area (Å²) in [4.78, 5) is 31.0. The molecule has 0 unspecified atom stereocenters. The topological polar surface area (TPSA) is 62.3 Å². The third-order valence-electron chi connectivity index (χ3n) is 4.63. The highest BCUT2D eigenvalue weighted by Gasteiger charge is 2.35. The molecule has 5 nitrogen and oxygen atoms in total. The zero-order chi connectivity index (χ0) is 18.8. The first-order valence-electron chi connectivity index (χ1n) is 8.79. The molecule has 0 bridgehead atoms. The standard InChI is InChI=1S/C21H19N3O2S/c1-14-22-19(13-27-14)15-7-9-17(10-8-15)23-21(26)16-11-20(25)24(12-16)18-5-3-2-4-6-18/h2-10,13,16H,11-12H2,1H3,(H,23,26)/t16-/m0/s1. The van der Waals surface area contributed by atoms with Crippen molar-refractivity contribution in [2.24, 2.45) is 5.92 Å². The van der Waals surface area contributed by atoms with Crippen LogP contribution in [0.3, 0.4) is 0 Å². The molecule has 2 heterocycles. The first-order chi connectivity index (χ1) is 13.1. The van der Waals surface area contributed by atoms with E-state index in [1.807, 2.05) is 66.9 Å². The maximum absolute atomic E-state index is 12.6. The molecule has 136 valence electrons. The average Bonchev–Trinajstić information content (AvgIpc) is 3.29. The molecule has 1 saturated heterocycles. The van der Waals surface area contributed by atoms with Gasteiger partial charge in [-0.2, -0.15) is 0 Å². The number of hydrogen-bond donors (Lipinski definition) is 1. The lowest BCUT2D eigenvalue weighted by Gasteiger charge is -2.16. The molecular weight excluding hydrogens is 358 g/mol. The maximum atomic E-state index is 12.6. The summed E-state index contributed by atoms with van der Waals surface area (Å²) in [5, 5.41) is 5.97. The molecule has 2 amide bonds. The van der Waals surface area contributed by atoms with E-state index in [2.05, 4.69) is 10.3 Å². The van der Waals surface area contributed by atoms with Crippen LogP contribution < -0.4 is 10.2 Å². The van der Waals surface area contributed by atoms with Crippen LogP contribution in [0.4, 0.5) is 11.4 Å². The van der Waals surface area contributed by atoms with E-state index in [1.165, 1.54) is 0 Å². The molecule has 27 heavy (non-hydrogen) atoms. The Morgan fingerprint density at radius 2 is 1.89 bits per heavy atom. The Hall–Kier alpha value is -2.99. The molecule has 1 fully saturated rings. The minimum absolute atomic E-state index is 0.0180. The Morgan fingerprint density at radius 1 is 1.15 bits per heavy atom.